The number of nitrogens with two attached hydrogens (primary N) is 1. The second kappa shape index (κ2) is 7.44. The first-order valence-electron chi connectivity index (χ1n) is 6.21. The van der Waals surface area contributed by atoms with E-state index < -0.39 is 0 Å². The number of carbonyl (C=O) groups excluding carboxylic acids is 1. The van der Waals surface area contributed by atoms with Crippen molar-refractivity contribution in [3.05, 3.63) is 24.3 Å². The van der Waals surface area contributed by atoms with Crippen molar-refractivity contribution in [1.29, 1.82) is 0 Å². The van der Waals surface area contributed by atoms with Gasteiger partial charge >= 0.3 is 0 Å². The number of hydrogen-bond acceptors (Lipinski definition) is 3. The summed E-state index contributed by atoms with van der Waals surface area (Å²) < 4.78 is 0. The third kappa shape index (κ3) is 4.70. The number of thioether (sulfide) groups is 1. The molecule has 4 heteroatoms. The Morgan fingerprint density at radius 3 is 2.39 bits per heavy atom. The normalized spacial score (nSPS) is 12.5. The van der Waals surface area contributed by atoms with E-state index in [4.69, 9.17) is 5.73 Å². The summed E-state index contributed by atoms with van der Waals surface area (Å²) in [4.78, 5) is 13.2. The minimum absolute atomic E-state index is 0.0168. The lowest BCUT2D eigenvalue weighted by molar-refractivity contribution is -0.120. The standard InChI is InChI=1S/C14H22N2OS/c1-10(2)8-11(9-15)14(17)16-12-4-6-13(18-3)7-5-12/h4-7,10-11H,8-9,15H2,1-3H3,(H,16,17). The molecule has 1 unspecified atom stereocenters. The molecule has 0 aliphatic rings. The molecular weight excluding hydrogens is 244 g/mol. The number of nitrogens with one attached hydrogen (secondary N) is 1. The van der Waals surface area contributed by atoms with Gasteiger partial charge in [-0.1, -0.05) is 13.8 Å². The average Bonchev–Trinajstić information content (AvgIpc) is 2.36. The molecular formula is C14H22N2OS. The van der Waals surface area contributed by atoms with Gasteiger partial charge in [-0.15, -0.1) is 11.8 Å². The molecule has 0 aliphatic heterocycles. The highest BCUT2D eigenvalue weighted by Crippen LogP contribution is 2.19. The maximum absolute atomic E-state index is 12.0. The molecule has 0 saturated heterocycles. The van der Waals surface area contributed by atoms with Crippen LogP contribution in [0.2, 0.25) is 0 Å². The van der Waals surface area contributed by atoms with Crippen molar-refractivity contribution in [3.63, 3.8) is 0 Å². The minimum atomic E-state index is -0.106. The van der Waals surface area contributed by atoms with Crippen molar-refractivity contribution in [3.8, 4) is 0 Å². The summed E-state index contributed by atoms with van der Waals surface area (Å²) >= 11 is 1.68. The molecule has 1 aromatic carbocycles. The van der Waals surface area contributed by atoms with Gasteiger partial charge in [-0.2, -0.15) is 0 Å². The van der Waals surface area contributed by atoms with Crippen LogP contribution in [-0.2, 0) is 4.79 Å². The summed E-state index contributed by atoms with van der Waals surface area (Å²) in [5.74, 6) is 0.386. The van der Waals surface area contributed by atoms with Gasteiger partial charge in [0.2, 0.25) is 5.91 Å². The molecule has 1 amide bonds. The van der Waals surface area contributed by atoms with Crippen LogP contribution in [0.25, 0.3) is 0 Å². The molecule has 18 heavy (non-hydrogen) atoms. The summed E-state index contributed by atoms with van der Waals surface area (Å²) in [5.41, 5.74) is 6.49. The number of amides is 1. The molecule has 3 N–H and O–H groups in total. The number of benzene rings is 1. The van der Waals surface area contributed by atoms with Gasteiger partial charge in [0, 0.05) is 17.1 Å². The first-order valence-corrected chi connectivity index (χ1v) is 7.44. The van der Waals surface area contributed by atoms with Gasteiger partial charge in [-0.25, -0.2) is 0 Å². The van der Waals surface area contributed by atoms with Crippen LogP contribution in [0.3, 0.4) is 0 Å². The number of hydrogen-bond donors (Lipinski definition) is 2. The fourth-order valence-electron chi connectivity index (χ4n) is 1.80. The first kappa shape index (κ1) is 15.1. The maximum Gasteiger partial charge on any atom is 0.228 e. The van der Waals surface area contributed by atoms with Crippen molar-refractivity contribution in [2.75, 3.05) is 18.1 Å². The van der Waals surface area contributed by atoms with Crippen molar-refractivity contribution < 1.29 is 4.79 Å². The van der Waals surface area contributed by atoms with Gasteiger partial charge in [0.25, 0.3) is 0 Å². The van der Waals surface area contributed by atoms with Gasteiger partial charge in [0.15, 0.2) is 0 Å². The van der Waals surface area contributed by atoms with E-state index in [2.05, 4.69) is 19.2 Å². The predicted molar refractivity (Wildman–Crippen MR) is 78.9 cm³/mol. The second-order valence-corrected chi connectivity index (χ2v) is 5.66. The van der Waals surface area contributed by atoms with Gasteiger partial charge in [0.1, 0.15) is 0 Å². The van der Waals surface area contributed by atoms with Crippen LogP contribution in [0, 0.1) is 11.8 Å². The summed E-state index contributed by atoms with van der Waals surface area (Å²) in [6.07, 6.45) is 2.85. The fraction of sp³-hybridized carbons (Fsp3) is 0.500. The zero-order valence-electron chi connectivity index (χ0n) is 11.3. The van der Waals surface area contributed by atoms with Crippen LogP contribution in [0.15, 0.2) is 29.2 Å². The summed E-state index contributed by atoms with van der Waals surface area (Å²) in [6.45, 7) is 4.60. The summed E-state index contributed by atoms with van der Waals surface area (Å²) in [6, 6.07) is 7.85. The molecule has 0 spiro atoms. The fourth-order valence-corrected chi connectivity index (χ4v) is 2.21. The third-order valence-corrected chi connectivity index (χ3v) is 3.51. The van der Waals surface area contributed by atoms with E-state index in [9.17, 15) is 4.79 Å². The van der Waals surface area contributed by atoms with E-state index in [1.54, 1.807) is 11.8 Å². The molecule has 0 radical (unpaired) electrons. The third-order valence-electron chi connectivity index (χ3n) is 2.77. The van der Waals surface area contributed by atoms with Crippen molar-refractivity contribution >= 4 is 23.4 Å². The Morgan fingerprint density at radius 2 is 1.94 bits per heavy atom. The molecule has 1 atom stereocenters. The largest absolute Gasteiger partial charge is 0.330 e. The van der Waals surface area contributed by atoms with E-state index in [-0.39, 0.29) is 11.8 Å². The van der Waals surface area contributed by atoms with E-state index in [1.165, 1.54) is 4.90 Å². The quantitative estimate of drug-likeness (QED) is 0.778. The molecule has 0 aromatic heterocycles. The lowest BCUT2D eigenvalue weighted by Gasteiger charge is -2.16. The Morgan fingerprint density at radius 1 is 1.33 bits per heavy atom. The highest BCUT2D eigenvalue weighted by molar-refractivity contribution is 7.98. The van der Waals surface area contributed by atoms with Gasteiger partial charge < -0.3 is 11.1 Å². The molecule has 0 saturated carbocycles. The first-order chi connectivity index (χ1) is 8.56. The van der Waals surface area contributed by atoms with Gasteiger partial charge in [0.05, 0.1) is 5.92 Å². The summed E-state index contributed by atoms with van der Waals surface area (Å²) in [7, 11) is 0. The summed E-state index contributed by atoms with van der Waals surface area (Å²) in [5, 5.41) is 2.92. The molecule has 0 bridgehead atoms. The van der Waals surface area contributed by atoms with Crippen LogP contribution in [0.4, 0.5) is 5.69 Å². The molecule has 1 rings (SSSR count). The number of rotatable bonds is 6. The van der Waals surface area contributed by atoms with Crippen LogP contribution in [0.5, 0.6) is 0 Å². The molecule has 0 fully saturated rings. The lowest BCUT2D eigenvalue weighted by Crippen LogP contribution is -2.30. The minimum Gasteiger partial charge on any atom is -0.330 e. The van der Waals surface area contributed by atoms with E-state index in [1.807, 2.05) is 30.5 Å². The molecule has 0 heterocycles. The Hall–Kier alpha value is -1.00. The highest BCUT2D eigenvalue weighted by atomic mass is 32.2. The molecule has 1 aromatic rings. The van der Waals surface area contributed by atoms with Crippen molar-refractivity contribution in [2.24, 2.45) is 17.6 Å². The van der Waals surface area contributed by atoms with Gasteiger partial charge in [-0.05, 0) is 42.9 Å². The zero-order chi connectivity index (χ0) is 13.5. The Bertz CT molecular complexity index is 376. The van der Waals surface area contributed by atoms with E-state index >= 15 is 0 Å². The Kier molecular flexibility index (Phi) is 6.22. The van der Waals surface area contributed by atoms with Gasteiger partial charge in [-0.3, -0.25) is 4.79 Å². The number of carbonyl (C=O) groups is 1. The highest BCUT2D eigenvalue weighted by Gasteiger charge is 2.18. The van der Waals surface area contributed by atoms with Crippen LogP contribution < -0.4 is 11.1 Å². The van der Waals surface area contributed by atoms with Crippen molar-refractivity contribution in [1.82, 2.24) is 0 Å². The average molecular weight is 266 g/mol. The molecule has 100 valence electrons. The molecule has 3 nitrogen and oxygen atoms in total. The maximum atomic E-state index is 12.0. The SMILES string of the molecule is CSc1ccc(NC(=O)C(CN)CC(C)C)cc1. The topological polar surface area (TPSA) is 55.1 Å². The smallest absolute Gasteiger partial charge is 0.228 e. The van der Waals surface area contributed by atoms with Crippen LogP contribution >= 0.6 is 11.8 Å². The van der Waals surface area contributed by atoms with Crippen LogP contribution in [0.1, 0.15) is 20.3 Å². The number of anilines is 1. The monoisotopic (exact) mass is 266 g/mol. The lowest BCUT2D eigenvalue weighted by atomic mass is 9.96. The zero-order valence-corrected chi connectivity index (χ0v) is 12.1. The van der Waals surface area contributed by atoms with E-state index in [0.29, 0.717) is 12.5 Å². The second-order valence-electron chi connectivity index (χ2n) is 4.78. The Balaban J connectivity index is 2.61. The predicted octanol–water partition coefficient (Wildman–Crippen LogP) is 2.97. The van der Waals surface area contributed by atoms with E-state index in [0.717, 1.165) is 12.1 Å². The van der Waals surface area contributed by atoms with Crippen LogP contribution in [-0.4, -0.2) is 18.7 Å². The Labute approximate surface area is 114 Å². The van der Waals surface area contributed by atoms with Crippen molar-refractivity contribution in [2.45, 2.75) is 25.2 Å². The molecule has 0 aliphatic carbocycles.